The molecule has 10 nitrogen and oxygen atoms in total. The van der Waals surface area contributed by atoms with E-state index >= 15 is 0 Å². The van der Waals surface area contributed by atoms with Gasteiger partial charge in [0.1, 0.15) is 16.8 Å². The number of aromatic nitrogens is 3. The van der Waals surface area contributed by atoms with Gasteiger partial charge < -0.3 is 14.9 Å². The topological polar surface area (TPSA) is 116 Å². The molecule has 0 saturated carbocycles. The van der Waals surface area contributed by atoms with Crippen LogP contribution in [-0.2, 0) is 14.8 Å². The maximum absolute atomic E-state index is 13.1. The van der Waals surface area contributed by atoms with Gasteiger partial charge in [-0.05, 0) is 54.3 Å². The first kappa shape index (κ1) is 22.0. The summed E-state index contributed by atoms with van der Waals surface area (Å²) in [5.41, 5.74) is 1.39. The zero-order chi connectivity index (χ0) is 22.7. The molecule has 32 heavy (non-hydrogen) atoms. The van der Waals surface area contributed by atoms with Crippen LogP contribution in [0.1, 0.15) is 19.8 Å². The molecule has 1 aliphatic rings. The van der Waals surface area contributed by atoms with E-state index in [4.69, 9.17) is 9.57 Å². The number of amides is 1. The van der Waals surface area contributed by atoms with Crippen molar-refractivity contribution in [3.63, 3.8) is 0 Å². The van der Waals surface area contributed by atoms with Crippen molar-refractivity contribution < 1.29 is 22.8 Å². The van der Waals surface area contributed by atoms with Gasteiger partial charge in [-0.25, -0.2) is 8.42 Å². The third kappa shape index (κ3) is 4.68. The van der Waals surface area contributed by atoms with Gasteiger partial charge in [0.05, 0.1) is 12.0 Å². The van der Waals surface area contributed by atoms with Crippen molar-refractivity contribution in [3.8, 4) is 5.75 Å². The Balaban J connectivity index is 1.48. The molecule has 2 heterocycles. The quantitative estimate of drug-likeness (QED) is 0.574. The van der Waals surface area contributed by atoms with Gasteiger partial charge in [-0.2, -0.15) is 4.31 Å². The summed E-state index contributed by atoms with van der Waals surface area (Å²) >= 11 is 0. The summed E-state index contributed by atoms with van der Waals surface area (Å²) in [4.78, 5) is 19.0. The van der Waals surface area contributed by atoms with E-state index < -0.39 is 15.9 Å². The van der Waals surface area contributed by atoms with Crippen molar-refractivity contribution in [2.75, 3.05) is 32.1 Å². The Hall–Kier alpha value is -3.18. The first-order valence-electron chi connectivity index (χ1n) is 10.3. The van der Waals surface area contributed by atoms with Crippen LogP contribution in [0.2, 0.25) is 0 Å². The van der Waals surface area contributed by atoms with Crippen LogP contribution in [-0.4, -0.2) is 60.6 Å². The van der Waals surface area contributed by atoms with Gasteiger partial charge in [0.15, 0.2) is 6.61 Å². The number of methoxy groups -OCH3 is 1. The number of nitrogens with one attached hydrogen (secondary N) is 1. The summed E-state index contributed by atoms with van der Waals surface area (Å²) in [5, 5.41) is 10.6. The van der Waals surface area contributed by atoms with Crippen molar-refractivity contribution in [2.45, 2.75) is 24.7 Å². The van der Waals surface area contributed by atoms with Crippen molar-refractivity contribution in [2.24, 2.45) is 5.92 Å². The van der Waals surface area contributed by atoms with Crippen LogP contribution in [0.3, 0.4) is 0 Å². The second-order valence-corrected chi connectivity index (χ2v) is 9.71. The highest BCUT2D eigenvalue weighted by molar-refractivity contribution is 7.89. The van der Waals surface area contributed by atoms with Crippen LogP contribution in [0.15, 0.2) is 47.4 Å². The molecule has 4 rings (SSSR count). The highest BCUT2D eigenvalue weighted by atomic mass is 32.2. The number of sulfonamides is 1. The molecule has 11 heteroatoms. The van der Waals surface area contributed by atoms with Gasteiger partial charge in [-0.15, -0.1) is 5.10 Å². The zero-order valence-electron chi connectivity index (χ0n) is 17.9. The predicted octanol–water partition coefficient (Wildman–Crippen LogP) is 1.93. The first-order valence-corrected chi connectivity index (χ1v) is 11.7. The number of fused-ring (bicyclic) bond motifs is 1. The molecule has 0 bridgehead atoms. The van der Waals surface area contributed by atoms with Crippen LogP contribution in [0, 0.1) is 5.92 Å². The Labute approximate surface area is 186 Å². The van der Waals surface area contributed by atoms with Gasteiger partial charge in [-0.1, -0.05) is 17.8 Å². The van der Waals surface area contributed by atoms with Crippen molar-refractivity contribution in [3.05, 3.63) is 42.5 Å². The molecule has 1 saturated heterocycles. The summed E-state index contributed by atoms with van der Waals surface area (Å²) in [6, 6.07) is 11.5. The number of rotatable bonds is 7. The number of hydrogen-bond acceptors (Lipinski definition) is 7. The number of nitrogens with zero attached hydrogens (tertiary/aromatic N) is 4. The molecule has 1 amide bonds. The fraction of sp³-hybridized carbons (Fsp3) is 0.381. The smallest absolute Gasteiger partial charge is 0.265 e. The highest BCUT2D eigenvalue weighted by Gasteiger charge is 2.29. The average molecular weight is 460 g/mol. The Kier molecular flexibility index (Phi) is 6.28. The molecule has 1 atom stereocenters. The number of carbonyl (C=O) groups excluding carboxylic acids is 1. The molecule has 2 aromatic carbocycles. The van der Waals surface area contributed by atoms with E-state index in [9.17, 15) is 13.2 Å². The largest absolute Gasteiger partial charge is 0.497 e. The van der Waals surface area contributed by atoms with E-state index in [1.54, 1.807) is 37.4 Å². The predicted molar refractivity (Wildman–Crippen MR) is 118 cm³/mol. The van der Waals surface area contributed by atoms with Gasteiger partial charge in [0, 0.05) is 24.8 Å². The first-order chi connectivity index (χ1) is 15.4. The summed E-state index contributed by atoms with van der Waals surface area (Å²) < 4.78 is 32.8. The molecule has 1 aromatic heterocycles. The fourth-order valence-electron chi connectivity index (χ4n) is 3.67. The minimum atomic E-state index is -3.64. The number of carbonyl (C=O) groups is 1. The lowest BCUT2D eigenvalue weighted by Crippen LogP contribution is -2.39. The zero-order valence-corrected chi connectivity index (χ0v) is 18.7. The monoisotopic (exact) mass is 459 g/mol. The van der Waals surface area contributed by atoms with Crippen LogP contribution < -0.4 is 14.9 Å². The molecule has 0 spiro atoms. The lowest BCUT2D eigenvalue weighted by atomic mass is 10.0. The molecule has 1 aliphatic heterocycles. The van der Waals surface area contributed by atoms with Crippen molar-refractivity contribution >= 4 is 32.7 Å². The van der Waals surface area contributed by atoms with E-state index in [0.29, 0.717) is 41.5 Å². The molecule has 3 aromatic rings. The lowest BCUT2D eigenvalue weighted by Gasteiger charge is -2.30. The maximum atomic E-state index is 13.1. The van der Waals surface area contributed by atoms with E-state index in [-0.39, 0.29) is 11.5 Å². The van der Waals surface area contributed by atoms with E-state index in [0.717, 1.165) is 17.7 Å². The lowest BCUT2D eigenvalue weighted by molar-refractivity contribution is -0.121. The van der Waals surface area contributed by atoms with Gasteiger partial charge >= 0.3 is 0 Å². The third-order valence-electron chi connectivity index (χ3n) is 5.32. The van der Waals surface area contributed by atoms with Crippen LogP contribution >= 0.6 is 0 Å². The van der Waals surface area contributed by atoms with Gasteiger partial charge in [0.25, 0.3) is 5.91 Å². The molecule has 1 fully saturated rings. The van der Waals surface area contributed by atoms with Crippen molar-refractivity contribution in [1.82, 2.24) is 19.5 Å². The summed E-state index contributed by atoms with van der Waals surface area (Å²) in [5.74, 6) is 0.525. The standard InChI is InChI=1S/C21H25N5O5S/c1-15-5-4-10-25(13-15)32(28,29)18-8-9-19-20(12-18)26(24-23-19)31-14-21(27)22-16-6-3-7-17(11-16)30-2/h3,6-9,11-12,15H,4-5,10,13-14H2,1-2H3,(H,22,27). The molecule has 0 aliphatic carbocycles. The number of ether oxygens (including phenoxy) is 1. The number of anilines is 1. The van der Waals surface area contributed by atoms with Gasteiger partial charge in [-0.3, -0.25) is 4.79 Å². The summed E-state index contributed by atoms with van der Waals surface area (Å²) in [6.07, 6.45) is 1.86. The normalized spacial score (nSPS) is 17.2. The van der Waals surface area contributed by atoms with Crippen LogP contribution in [0.4, 0.5) is 5.69 Å². The average Bonchev–Trinajstić information content (AvgIpc) is 3.20. The van der Waals surface area contributed by atoms with E-state index in [2.05, 4.69) is 15.6 Å². The molecule has 170 valence electrons. The van der Waals surface area contributed by atoms with E-state index in [1.807, 2.05) is 6.92 Å². The highest BCUT2D eigenvalue weighted by Crippen LogP contribution is 2.25. The van der Waals surface area contributed by atoms with Crippen LogP contribution in [0.5, 0.6) is 5.75 Å². The van der Waals surface area contributed by atoms with Gasteiger partial charge in [0.2, 0.25) is 10.0 Å². The van der Waals surface area contributed by atoms with Crippen molar-refractivity contribution in [1.29, 1.82) is 0 Å². The SMILES string of the molecule is COc1cccc(NC(=O)COn2nnc3ccc(S(=O)(=O)N4CCCC(C)C4)cc32)c1. The number of benzene rings is 2. The molecular formula is C21H25N5O5S. The molecule has 1 unspecified atom stereocenters. The summed E-state index contributed by atoms with van der Waals surface area (Å²) in [6.45, 7) is 2.71. The Morgan fingerprint density at radius 2 is 2.09 bits per heavy atom. The fourth-order valence-corrected chi connectivity index (χ4v) is 5.28. The second kappa shape index (κ2) is 9.13. The van der Waals surface area contributed by atoms with Crippen LogP contribution in [0.25, 0.3) is 11.0 Å². The summed E-state index contributed by atoms with van der Waals surface area (Å²) in [7, 11) is -2.10. The molecule has 1 N–H and O–H groups in total. The molecular weight excluding hydrogens is 434 g/mol. The number of hydrogen-bond donors (Lipinski definition) is 1. The molecule has 0 radical (unpaired) electrons. The number of piperidine rings is 1. The van der Waals surface area contributed by atoms with E-state index in [1.165, 1.54) is 16.4 Å². The minimum Gasteiger partial charge on any atom is -0.497 e. The minimum absolute atomic E-state index is 0.145. The Bertz CT molecular complexity index is 1230. The second-order valence-electron chi connectivity index (χ2n) is 7.78. The Morgan fingerprint density at radius 3 is 2.88 bits per heavy atom. The maximum Gasteiger partial charge on any atom is 0.265 e. The third-order valence-corrected chi connectivity index (χ3v) is 7.18. The Morgan fingerprint density at radius 1 is 1.25 bits per heavy atom.